The maximum atomic E-state index is 10.4. The van der Waals surface area contributed by atoms with E-state index in [0.717, 1.165) is 19.5 Å². The van der Waals surface area contributed by atoms with E-state index >= 15 is 0 Å². The van der Waals surface area contributed by atoms with Crippen molar-refractivity contribution in [2.75, 3.05) is 19.6 Å². The Morgan fingerprint density at radius 1 is 1.80 bits per heavy atom. The Kier molecular flexibility index (Phi) is 2.06. The molecule has 1 fully saturated rings. The maximum absolute atomic E-state index is 10.4. The highest BCUT2D eigenvalue weighted by Gasteiger charge is 2.15. The van der Waals surface area contributed by atoms with E-state index in [-0.39, 0.29) is 5.91 Å². The SMILES string of the molecule is C=C1CCN(CC(N)=O)C1. The van der Waals surface area contributed by atoms with Gasteiger partial charge in [-0.2, -0.15) is 0 Å². The molecule has 1 aliphatic rings. The fourth-order valence-corrected chi connectivity index (χ4v) is 1.15. The van der Waals surface area contributed by atoms with Crippen molar-refractivity contribution in [3.05, 3.63) is 12.2 Å². The lowest BCUT2D eigenvalue weighted by molar-refractivity contribution is -0.118. The first-order valence-electron chi connectivity index (χ1n) is 3.36. The van der Waals surface area contributed by atoms with Gasteiger partial charge in [-0.25, -0.2) is 0 Å². The van der Waals surface area contributed by atoms with Gasteiger partial charge >= 0.3 is 0 Å². The van der Waals surface area contributed by atoms with Crippen molar-refractivity contribution in [3.63, 3.8) is 0 Å². The summed E-state index contributed by atoms with van der Waals surface area (Å²) in [6.45, 7) is 5.96. The molecule has 0 aliphatic carbocycles. The van der Waals surface area contributed by atoms with Gasteiger partial charge in [-0.3, -0.25) is 9.69 Å². The van der Waals surface area contributed by atoms with Crippen LogP contribution in [0.1, 0.15) is 6.42 Å². The van der Waals surface area contributed by atoms with Gasteiger partial charge in [0.2, 0.25) is 5.91 Å². The van der Waals surface area contributed by atoms with Crippen LogP contribution in [0.15, 0.2) is 12.2 Å². The minimum atomic E-state index is -0.255. The molecule has 1 amide bonds. The second-order valence-corrected chi connectivity index (χ2v) is 2.68. The molecule has 0 saturated carbocycles. The van der Waals surface area contributed by atoms with Crippen LogP contribution >= 0.6 is 0 Å². The summed E-state index contributed by atoms with van der Waals surface area (Å²) in [5, 5.41) is 0. The van der Waals surface area contributed by atoms with Gasteiger partial charge in [0.1, 0.15) is 0 Å². The largest absolute Gasteiger partial charge is 0.369 e. The van der Waals surface area contributed by atoms with Crippen molar-refractivity contribution in [1.29, 1.82) is 0 Å². The molecule has 1 heterocycles. The van der Waals surface area contributed by atoms with Crippen molar-refractivity contribution >= 4 is 5.91 Å². The van der Waals surface area contributed by atoms with Gasteiger partial charge in [-0.1, -0.05) is 12.2 Å². The normalized spacial score (nSPS) is 19.8. The first-order valence-corrected chi connectivity index (χ1v) is 3.36. The van der Waals surface area contributed by atoms with E-state index < -0.39 is 0 Å². The smallest absolute Gasteiger partial charge is 0.231 e. The lowest BCUT2D eigenvalue weighted by Gasteiger charge is -2.09. The van der Waals surface area contributed by atoms with E-state index in [2.05, 4.69) is 6.58 Å². The van der Waals surface area contributed by atoms with Gasteiger partial charge in [-0.15, -0.1) is 0 Å². The van der Waals surface area contributed by atoms with E-state index in [1.54, 1.807) is 0 Å². The highest BCUT2D eigenvalue weighted by atomic mass is 16.1. The van der Waals surface area contributed by atoms with Crippen LogP contribution in [0.25, 0.3) is 0 Å². The number of primary amides is 1. The molecule has 0 aromatic carbocycles. The zero-order valence-electron chi connectivity index (χ0n) is 5.97. The Morgan fingerprint density at radius 3 is 2.90 bits per heavy atom. The molecular weight excluding hydrogens is 128 g/mol. The summed E-state index contributed by atoms with van der Waals surface area (Å²) in [6, 6.07) is 0. The quantitative estimate of drug-likeness (QED) is 0.537. The van der Waals surface area contributed by atoms with Crippen LogP contribution in [0.3, 0.4) is 0 Å². The van der Waals surface area contributed by atoms with Crippen molar-refractivity contribution in [3.8, 4) is 0 Å². The van der Waals surface area contributed by atoms with Crippen LogP contribution in [-0.4, -0.2) is 30.4 Å². The Hall–Kier alpha value is -0.830. The number of hydrogen-bond acceptors (Lipinski definition) is 2. The molecule has 0 atom stereocenters. The molecule has 0 spiro atoms. The first-order chi connectivity index (χ1) is 4.68. The van der Waals surface area contributed by atoms with Crippen molar-refractivity contribution in [1.82, 2.24) is 4.90 Å². The van der Waals surface area contributed by atoms with Crippen molar-refractivity contribution < 1.29 is 4.79 Å². The molecule has 1 saturated heterocycles. The predicted molar refractivity (Wildman–Crippen MR) is 39.4 cm³/mol. The van der Waals surface area contributed by atoms with Gasteiger partial charge < -0.3 is 5.73 Å². The van der Waals surface area contributed by atoms with Crippen LogP contribution < -0.4 is 5.73 Å². The molecule has 0 aromatic heterocycles. The van der Waals surface area contributed by atoms with Crippen molar-refractivity contribution in [2.24, 2.45) is 5.73 Å². The zero-order chi connectivity index (χ0) is 7.56. The molecule has 1 rings (SSSR count). The summed E-state index contributed by atoms with van der Waals surface area (Å²) >= 11 is 0. The summed E-state index contributed by atoms with van der Waals surface area (Å²) in [5.74, 6) is -0.255. The number of nitrogens with zero attached hydrogens (tertiary/aromatic N) is 1. The van der Waals surface area contributed by atoms with Crippen LogP contribution in [-0.2, 0) is 4.79 Å². The predicted octanol–water partition coefficient (Wildman–Crippen LogP) is -0.266. The lowest BCUT2D eigenvalue weighted by atomic mass is 10.3. The van der Waals surface area contributed by atoms with E-state index in [0.29, 0.717) is 6.54 Å². The number of carbonyl (C=O) groups excluding carboxylic acids is 1. The van der Waals surface area contributed by atoms with E-state index in [4.69, 9.17) is 5.73 Å². The average molecular weight is 140 g/mol. The lowest BCUT2D eigenvalue weighted by Crippen LogP contribution is -2.31. The molecule has 1 aliphatic heterocycles. The first kappa shape index (κ1) is 7.28. The average Bonchev–Trinajstić information content (AvgIpc) is 2.13. The number of likely N-dealkylation sites (tertiary alicyclic amines) is 1. The Bertz CT molecular complexity index is 165. The second kappa shape index (κ2) is 2.84. The zero-order valence-corrected chi connectivity index (χ0v) is 5.97. The Morgan fingerprint density at radius 2 is 2.50 bits per heavy atom. The molecule has 0 bridgehead atoms. The highest BCUT2D eigenvalue weighted by Crippen LogP contribution is 2.11. The molecule has 0 radical (unpaired) electrons. The number of hydrogen-bond donors (Lipinski definition) is 1. The van der Waals surface area contributed by atoms with Crippen molar-refractivity contribution in [2.45, 2.75) is 6.42 Å². The molecule has 0 aromatic rings. The summed E-state index contributed by atoms with van der Waals surface area (Å²) < 4.78 is 0. The highest BCUT2D eigenvalue weighted by molar-refractivity contribution is 5.76. The third kappa shape index (κ3) is 1.84. The summed E-state index contributed by atoms with van der Waals surface area (Å²) in [4.78, 5) is 12.4. The van der Waals surface area contributed by atoms with E-state index in [1.165, 1.54) is 5.57 Å². The van der Waals surface area contributed by atoms with Gasteiger partial charge in [0.05, 0.1) is 6.54 Å². The van der Waals surface area contributed by atoms with Gasteiger partial charge in [0.15, 0.2) is 0 Å². The molecule has 3 nitrogen and oxygen atoms in total. The fourth-order valence-electron chi connectivity index (χ4n) is 1.15. The third-order valence-corrected chi connectivity index (χ3v) is 1.61. The molecule has 2 N–H and O–H groups in total. The number of amides is 1. The Labute approximate surface area is 60.5 Å². The van der Waals surface area contributed by atoms with E-state index in [1.807, 2.05) is 4.90 Å². The molecule has 0 unspecified atom stereocenters. The van der Waals surface area contributed by atoms with Crippen LogP contribution in [0, 0.1) is 0 Å². The second-order valence-electron chi connectivity index (χ2n) is 2.68. The summed E-state index contributed by atoms with van der Waals surface area (Å²) in [5.41, 5.74) is 6.20. The molecule has 56 valence electrons. The standard InChI is InChI=1S/C7H12N2O/c1-6-2-3-9(4-6)5-7(8)10/h1-5H2,(H2,8,10). The summed E-state index contributed by atoms with van der Waals surface area (Å²) in [6.07, 6.45) is 1.01. The van der Waals surface area contributed by atoms with E-state index in [9.17, 15) is 4.79 Å². The summed E-state index contributed by atoms with van der Waals surface area (Å²) in [7, 11) is 0. The van der Waals surface area contributed by atoms with Crippen LogP contribution in [0.2, 0.25) is 0 Å². The van der Waals surface area contributed by atoms with Gasteiger partial charge in [0.25, 0.3) is 0 Å². The van der Waals surface area contributed by atoms with Crippen LogP contribution in [0.5, 0.6) is 0 Å². The molecular formula is C7H12N2O. The minimum Gasteiger partial charge on any atom is -0.369 e. The number of rotatable bonds is 2. The maximum Gasteiger partial charge on any atom is 0.231 e. The number of nitrogens with two attached hydrogens (primary N) is 1. The fraction of sp³-hybridized carbons (Fsp3) is 0.571. The van der Waals surface area contributed by atoms with Gasteiger partial charge in [0, 0.05) is 13.1 Å². The van der Waals surface area contributed by atoms with Gasteiger partial charge in [-0.05, 0) is 6.42 Å². The molecule has 3 heteroatoms. The third-order valence-electron chi connectivity index (χ3n) is 1.61. The topological polar surface area (TPSA) is 46.3 Å². The Balaban J connectivity index is 2.31. The van der Waals surface area contributed by atoms with Crippen LogP contribution in [0.4, 0.5) is 0 Å². The number of carbonyl (C=O) groups is 1. The minimum absolute atomic E-state index is 0.255. The molecule has 10 heavy (non-hydrogen) atoms. The monoisotopic (exact) mass is 140 g/mol.